The van der Waals surface area contributed by atoms with Gasteiger partial charge in [-0.1, -0.05) is 60.7 Å². The fourth-order valence-corrected chi connectivity index (χ4v) is 5.50. The van der Waals surface area contributed by atoms with Crippen LogP contribution in [0, 0.1) is 0 Å². The Hall–Kier alpha value is -5.04. The minimum atomic E-state index is -0.170. The fraction of sp³-hybridized carbons (Fsp3) is 0.125. The smallest absolute Gasteiger partial charge is 0.282 e. The van der Waals surface area contributed by atoms with Crippen LogP contribution in [0.5, 0.6) is 0 Å². The molecule has 190 valence electrons. The van der Waals surface area contributed by atoms with Gasteiger partial charge in [-0.05, 0) is 66.6 Å². The molecule has 7 heteroatoms. The predicted molar refractivity (Wildman–Crippen MR) is 155 cm³/mol. The summed E-state index contributed by atoms with van der Waals surface area (Å²) in [5.41, 5.74) is 5.61. The average Bonchev–Trinajstić information content (AvgIpc) is 3.38. The highest BCUT2D eigenvalue weighted by Crippen LogP contribution is 2.39. The summed E-state index contributed by atoms with van der Waals surface area (Å²) in [6, 6.07) is 25.6. The van der Waals surface area contributed by atoms with E-state index in [0.717, 1.165) is 52.5 Å². The Morgan fingerprint density at radius 1 is 0.872 bits per heavy atom. The summed E-state index contributed by atoms with van der Waals surface area (Å²) >= 11 is 0. The molecule has 1 unspecified atom stereocenters. The molecule has 6 aromatic rings. The second-order valence-electron chi connectivity index (χ2n) is 9.80. The van der Waals surface area contributed by atoms with Crippen molar-refractivity contribution >= 4 is 28.2 Å². The van der Waals surface area contributed by atoms with Crippen molar-refractivity contribution < 1.29 is 0 Å². The quantitative estimate of drug-likeness (QED) is 0.247. The number of H-pyrrole nitrogens is 1. The van der Waals surface area contributed by atoms with Crippen molar-refractivity contribution in [3.05, 3.63) is 119 Å². The maximum Gasteiger partial charge on any atom is 0.282 e. The number of nitrogens with one attached hydrogen (secondary N) is 2. The number of benzene rings is 2. The maximum atomic E-state index is 14.4. The van der Waals surface area contributed by atoms with Crippen LogP contribution >= 0.6 is 0 Å². The topological polar surface area (TPSA) is 88.0 Å². The number of hydrogen-bond acceptors (Lipinski definition) is 5. The van der Waals surface area contributed by atoms with Crippen molar-refractivity contribution in [2.24, 2.45) is 0 Å². The third-order valence-electron chi connectivity index (χ3n) is 7.36. The molecular weight excluding hydrogens is 484 g/mol. The number of pyridine rings is 2. The van der Waals surface area contributed by atoms with Gasteiger partial charge < -0.3 is 5.32 Å². The number of aromatic nitrogens is 5. The van der Waals surface area contributed by atoms with Gasteiger partial charge in [-0.3, -0.25) is 14.9 Å². The van der Waals surface area contributed by atoms with E-state index in [1.165, 1.54) is 0 Å². The van der Waals surface area contributed by atoms with Crippen molar-refractivity contribution in [3.63, 3.8) is 0 Å². The van der Waals surface area contributed by atoms with Crippen LogP contribution in [0.3, 0.4) is 0 Å². The number of allylic oxidation sites excluding steroid dienone is 2. The lowest BCUT2D eigenvalue weighted by atomic mass is 9.86. The standard InChI is InChI=1S/C32H26N6O/c39-32-28(24-16-17-25-23(20-24)14-9-19-33-25)30(35-26-15-7-8-18-34-26)36-31-27(21-10-3-1-4-11-21)29(37-38(31)32)22-12-5-2-6-13-22/h1-3,5-9,12-21,37H,4,10-11H2,(H,34,35). The minimum absolute atomic E-state index is 0.170. The Bertz CT molecular complexity index is 1890. The van der Waals surface area contributed by atoms with Crippen molar-refractivity contribution in [2.45, 2.75) is 25.2 Å². The summed E-state index contributed by atoms with van der Waals surface area (Å²) in [4.78, 5) is 28.4. The summed E-state index contributed by atoms with van der Waals surface area (Å²) in [5, 5.41) is 7.75. The zero-order chi connectivity index (χ0) is 26.2. The summed E-state index contributed by atoms with van der Waals surface area (Å²) in [6.45, 7) is 0. The van der Waals surface area contributed by atoms with Gasteiger partial charge in [0, 0.05) is 23.3 Å². The molecule has 1 atom stereocenters. The molecule has 0 spiro atoms. The lowest BCUT2D eigenvalue weighted by Gasteiger charge is -2.19. The molecule has 1 aliphatic carbocycles. The number of rotatable bonds is 5. The van der Waals surface area contributed by atoms with E-state index >= 15 is 0 Å². The molecule has 0 saturated carbocycles. The second kappa shape index (κ2) is 9.68. The van der Waals surface area contributed by atoms with E-state index < -0.39 is 0 Å². The van der Waals surface area contributed by atoms with Gasteiger partial charge in [-0.2, -0.15) is 0 Å². The summed E-state index contributed by atoms with van der Waals surface area (Å²) in [7, 11) is 0. The monoisotopic (exact) mass is 510 g/mol. The van der Waals surface area contributed by atoms with Crippen molar-refractivity contribution in [2.75, 3.05) is 5.32 Å². The van der Waals surface area contributed by atoms with Crippen LogP contribution in [0.1, 0.15) is 30.7 Å². The molecular formula is C32H26N6O. The average molecular weight is 511 g/mol. The van der Waals surface area contributed by atoms with Gasteiger partial charge in [0.1, 0.15) is 11.6 Å². The number of aromatic amines is 1. The molecule has 4 heterocycles. The highest BCUT2D eigenvalue weighted by atomic mass is 16.1. The predicted octanol–water partition coefficient (Wildman–Crippen LogP) is 6.87. The fourth-order valence-electron chi connectivity index (χ4n) is 5.50. The van der Waals surface area contributed by atoms with Crippen molar-refractivity contribution in [1.29, 1.82) is 0 Å². The molecule has 39 heavy (non-hydrogen) atoms. The number of hydrogen-bond donors (Lipinski definition) is 2. The number of anilines is 2. The Kier molecular flexibility index (Phi) is 5.74. The summed E-state index contributed by atoms with van der Waals surface area (Å²) < 4.78 is 1.61. The van der Waals surface area contributed by atoms with Crippen LogP contribution in [-0.4, -0.2) is 24.6 Å². The van der Waals surface area contributed by atoms with Crippen LogP contribution in [0.2, 0.25) is 0 Å². The van der Waals surface area contributed by atoms with Gasteiger partial charge in [0.2, 0.25) is 0 Å². The SMILES string of the molecule is O=c1c(-c2ccc3ncccc3c2)c(Nc2ccccn2)nc2c(C3CC=CCC3)c(-c3ccccc3)[nH]n12. The number of nitrogens with zero attached hydrogens (tertiary/aromatic N) is 4. The van der Waals surface area contributed by atoms with E-state index in [-0.39, 0.29) is 11.5 Å². The Morgan fingerprint density at radius 3 is 2.56 bits per heavy atom. The third-order valence-corrected chi connectivity index (χ3v) is 7.36. The largest absolute Gasteiger partial charge is 0.324 e. The van der Waals surface area contributed by atoms with Crippen LogP contribution in [0.4, 0.5) is 11.6 Å². The minimum Gasteiger partial charge on any atom is -0.324 e. The first-order valence-electron chi connectivity index (χ1n) is 13.2. The zero-order valence-electron chi connectivity index (χ0n) is 21.2. The molecule has 0 radical (unpaired) electrons. The lowest BCUT2D eigenvalue weighted by Crippen LogP contribution is -2.20. The van der Waals surface area contributed by atoms with Gasteiger partial charge in [0.15, 0.2) is 5.65 Å². The van der Waals surface area contributed by atoms with Gasteiger partial charge in [0.05, 0.1) is 16.8 Å². The third kappa shape index (κ3) is 4.18. The van der Waals surface area contributed by atoms with E-state index in [4.69, 9.17) is 4.98 Å². The van der Waals surface area contributed by atoms with E-state index in [1.807, 2.05) is 66.7 Å². The molecule has 7 rings (SSSR count). The van der Waals surface area contributed by atoms with Crippen LogP contribution in [-0.2, 0) is 0 Å². The molecule has 0 saturated heterocycles. The summed E-state index contributed by atoms with van der Waals surface area (Å²) in [5.74, 6) is 1.35. The Balaban J connectivity index is 1.52. The van der Waals surface area contributed by atoms with Crippen LogP contribution < -0.4 is 10.9 Å². The molecule has 4 aromatic heterocycles. The van der Waals surface area contributed by atoms with Crippen LogP contribution in [0.25, 0.3) is 38.9 Å². The first-order valence-corrected chi connectivity index (χ1v) is 13.2. The molecule has 0 aliphatic heterocycles. The van der Waals surface area contributed by atoms with Gasteiger partial charge in [-0.15, -0.1) is 0 Å². The molecule has 1 aliphatic rings. The first kappa shape index (κ1) is 23.1. The molecule has 7 nitrogen and oxygen atoms in total. The Labute approximate surface area is 224 Å². The van der Waals surface area contributed by atoms with Gasteiger partial charge >= 0.3 is 0 Å². The van der Waals surface area contributed by atoms with Gasteiger partial charge in [-0.25, -0.2) is 14.5 Å². The summed E-state index contributed by atoms with van der Waals surface area (Å²) in [6.07, 6.45) is 10.9. The highest BCUT2D eigenvalue weighted by Gasteiger charge is 2.27. The zero-order valence-corrected chi connectivity index (χ0v) is 21.2. The van der Waals surface area contributed by atoms with E-state index in [0.29, 0.717) is 22.8 Å². The molecule has 0 fully saturated rings. The maximum absolute atomic E-state index is 14.4. The van der Waals surface area contributed by atoms with E-state index in [2.05, 4.69) is 44.7 Å². The highest BCUT2D eigenvalue weighted by molar-refractivity contribution is 5.88. The van der Waals surface area contributed by atoms with Crippen LogP contribution in [0.15, 0.2) is 108 Å². The van der Waals surface area contributed by atoms with Crippen molar-refractivity contribution in [3.8, 4) is 22.4 Å². The van der Waals surface area contributed by atoms with Gasteiger partial charge in [0.25, 0.3) is 5.56 Å². The molecule has 2 aromatic carbocycles. The Morgan fingerprint density at radius 2 is 1.74 bits per heavy atom. The lowest BCUT2D eigenvalue weighted by molar-refractivity contribution is 0.621. The molecule has 0 bridgehead atoms. The number of fused-ring (bicyclic) bond motifs is 2. The van der Waals surface area contributed by atoms with Crippen molar-refractivity contribution in [1.82, 2.24) is 24.6 Å². The normalized spacial score (nSPS) is 15.1. The van der Waals surface area contributed by atoms with E-state index in [1.54, 1.807) is 16.9 Å². The second-order valence-corrected chi connectivity index (χ2v) is 9.80. The first-order chi connectivity index (χ1) is 19.3. The molecule has 2 N–H and O–H groups in total. The van der Waals surface area contributed by atoms with E-state index in [9.17, 15) is 4.79 Å². The molecule has 0 amide bonds.